The van der Waals surface area contributed by atoms with Crippen molar-refractivity contribution in [1.29, 1.82) is 5.26 Å². The van der Waals surface area contributed by atoms with Gasteiger partial charge in [0.1, 0.15) is 12.6 Å². The van der Waals surface area contributed by atoms with Crippen LogP contribution in [0.1, 0.15) is 12.5 Å². The standard InChI is InChI=1S/C14H12F3N5OS2/c1-8(11(23)20-10-5-3-2-4-9(10)6-18)24-13-22-21-12(25-13)19-7-14(15,16)17/h2-5,8H,7H2,1H3,(H,19,21)(H,20,23). The van der Waals surface area contributed by atoms with Crippen molar-refractivity contribution in [2.45, 2.75) is 22.7 Å². The Morgan fingerprint density at radius 3 is 2.80 bits per heavy atom. The van der Waals surface area contributed by atoms with E-state index in [4.69, 9.17) is 5.26 Å². The molecule has 11 heteroatoms. The Labute approximate surface area is 149 Å². The molecule has 2 N–H and O–H groups in total. The van der Waals surface area contributed by atoms with Crippen molar-refractivity contribution < 1.29 is 18.0 Å². The zero-order chi connectivity index (χ0) is 18.4. The minimum absolute atomic E-state index is 0.0299. The third-order valence-corrected chi connectivity index (χ3v) is 4.86. The molecule has 0 bridgehead atoms. The number of hydrogen-bond donors (Lipinski definition) is 2. The molecule has 1 unspecified atom stereocenters. The van der Waals surface area contributed by atoms with Gasteiger partial charge >= 0.3 is 6.18 Å². The summed E-state index contributed by atoms with van der Waals surface area (Å²) in [5, 5.41) is 20.6. The Morgan fingerprint density at radius 1 is 1.40 bits per heavy atom. The summed E-state index contributed by atoms with van der Waals surface area (Å²) in [7, 11) is 0. The summed E-state index contributed by atoms with van der Waals surface area (Å²) in [4.78, 5) is 12.2. The smallest absolute Gasteiger partial charge is 0.351 e. The van der Waals surface area contributed by atoms with Crippen LogP contribution in [0.15, 0.2) is 28.6 Å². The van der Waals surface area contributed by atoms with E-state index in [1.807, 2.05) is 6.07 Å². The van der Waals surface area contributed by atoms with Crippen LogP contribution in [0.4, 0.5) is 24.0 Å². The molecule has 0 aliphatic heterocycles. The number of nitrogens with zero attached hydrogens (tertiary/aromatic N) is 3. The van der Waals surface area contributed by atoms with Gasteiger partial charge in [-0.2, -0.15) is 18.4 Å². The van der Waals surface area contributed by atoms with Crippen LogP contribution in [-0.4, -0.2) is 34.1 Å². The lowest BCUT2D eigenvalue weighted by atomic mass is 10.2. The number of hydrogen-bond acceptors (Lipinski definition) is 7. The van der Waals surface area contributed by atoms with Gasteiger partial charge in [-0.3, -0.25) is 4.79 Å². The van der Waals surface area contributed by atoms with E-state index in [2.05, 4.69) is 20.8 Å². The Kier molecular flexibility index (Phi) is 6.22. The zero-order valence-electron chi connectivity index (χ0n) is 12.8. The minimum atomic E-state index is -4.35. The van der Waals surface area contributed by atoms with Crippen molar-refractivity contribution in [2.75, 3.05) is 17.2 Å². The summed E-state index contributed by atoms with van der Waals surface area (Å²) in [5.74, 6) is -0.354. The molecule has 0 radical (unpaired) electrons. The lowest BCUT2D eigenvalue weighted by Crippen LogP contribution is -2.22. The van der Waals surface area contributed by atoms with Crippen LogP contribution in [0.5, 0.6) is 0 Å². The normalized spacial score (nSPS) is 12.3. The first-order chi connectivity index (χ1) is 11.8. The Balaban J connectivity index is 1.93. The summed E-state index contributed by atoms with van der Waals surface area (Å²) >= 11 is 2.00. The first-order valence-corrected chi connectivity index (χ1v) is 8.59. The first-order valence-electron chi connectivity index (χ1n) is 6.89. The summed E-state index contributed by atoms with van der Waals surface area (Å²) < 4.78 is 36.8. The zero-order valence-corrected chi connectivity index (χ0v) is 14.4. The molecule has 1 amide bonds. The van der Waals surface area contributed by atoms with Crippen molar-refractivity contribution in [3.05, 3.63) is 29.8 Å². The monoisotopic (exact) mass is 387 g/mol. The molecule has 6 nitrogen and oxygen atoms in total. The number of thioether (sulfide) groups is 1. The molecular formula is C14H12F3N5OS2. The number of anilines is 2. The predicted molar refractivity (Wildman–Crippen MR) is 89.6 cm³/mol. The predicted octanol–water partition coefficient (Wildman–Crippen LogP) is 3.50. The number of nitrogens with one attached hydrogen (secondary N) is 2. The SMILES string of the molecule is CC(Sc1nnc(NCC(F)(F)F)s1)C(=O)Nc1ccccc1C#N. The molecular weight excluding hydrogens is 375 g/mol. The van der Waals surface area contributed by atoms with Gasteiger partial charge in [0.15, 0.2) is 4.34 Å². The van der Waals surface area contributed by atoms with Crippen molar-refractivity contribution >= 4 is 39.8 Å². The number of para-hydroxylation sites is 1. The number of amides is 1. The highest BCUT2D eigenvalue weighted by Gasteiger charge is 2.27. The molecule has 0 saturated carbocycles. The van der Waals surface area contributed by atoms with Gasteiger partial charge in [0, 0.05) is 0 Å². The van der Waals surface area contributed by atoms with Gasteiger partial charge in [-0.1, -0.05) is 35.2 Å². The quantitative estimate of drug-likeness (QED) is 0.737. The number of rotatable bonds is 6. The van der Waals surface area contributed by atoms with Gasteiger partial charge in [0.05, 0.1) is 16.5 Å². The Bertz CT molecular complexity index is 787. The molecule has 0 fully saturated rings. The van der Waals surface area contributed by atoms with Gasteiger partial charge in [-0.25, -0.2) is 0 Å². The van der Waals surface area contributed by atoms with Crippen LogP contribution < -0.4 is 10.6 Å². The van der Waals surface area contributed by atoms with E-state index < -0.39 is 18.0 Å². The van der Waals surface area contributed by atoms with Crippen molar-refractivity contribution in [3.63, 3.8) is 0 Å². The first kappa shape index (κ1) is 19.0. The molecule has 1 atom stereocenters. The van der Waals surface area contributed by atoms with E-state index in [9.17, 15) is 18.0 Å². The molecule has 0 aliphatic rings. The molecule has 1 heterocycles. The fraction of sp³-hybridized carbons (Fsp3) is 0.286. The Hall–Kier alpha value is -2.32. The second kappa shape index (κ2) is 8.17. The largest absolute Gasteiger partial charge is 0.405 e. The van der Waals surface area contributed by atoms with Crippen LogP contribution in [0.25, 0.3) is 0 Å². The minimum Gasteiger partial charge on any atom is -0.351 e. The van der Waals surface area contributed by atoms with Crippen LogP contribution in [0.2, 0.25) is 0 Å². The molecule has 0 aliphatic carbocycles. The molecule has 132 valence electrons. The highest BCUT2D eigenvalue weighted by Crippen LogP contribution is 2.30. The van der Waals surface area contributed by atoms with Gasteiger partial charge < -0.3 is 10.6 Å². The topological polar surface area (TPSA) is 90.7 Å². The van der Waals surface area contributed by atoms with Crippen molar-refractivity contribution in [1.82, 2.24) is 10.2 Å². The number of alkyl halides is 3. The lowest BCUT2D eigenvalue weighted by Gasteiger charge is -2.11. The molecule has 2 rings (SSSR count). The number of halogens is 3. The second-order valence-corrected chi connectivity index (χ2v) is 7.31. The van der Waals surface area contributed by atoms with E-state index in [-0.39, 0.29) is 11.0 Å². The van der Waals surface area contributed by atoms with Crippen LogP contribution in [0, 0.1) is 11.3 Å². The van der Waals surface area contributed by atoms with Crippen LogP contribution in [0.3, 0.4) is 0 Å². The van der Waals surface area contributed by atoms with E-state index in [1.165, 1.54) is 0 Å². The number of benzene rings is 1. The molecule has 25 heavy (non-hydrogen) atoms. The maximum atomic E-state index is 12.2. The highest BCUT2D eigenvalue weighted by atomic mass is 32.2. The number of nitriles is 1. The molecule has 2 aromatic rings. The summed E-state index contributed by atoms with van der Waals surface area (Å²) in [6, 6.07) is 8.54. The Morgan fingerprint density at radius 2 is 2.12 bits per heavy atom. The fourth-order valence-corrected chi connectivity index (χ4v) is 3.53. The van der Waals surface area contributed by atoms with Crippen molar-refractivity contribution in [3.8, 4) is 6.07 Å². The van der Waals surface area contributed by atoms with Gasteiger partial charge in [-0.05, 0) is 19.1 Å². The maximum Gasteiger partial charge on any atom is 0.405 e. The van der Waals surface area contributed by atoms with Crippen LogP contribution >= 0.6 is 23.1 Å². The maximum absolute atomic E-state index is 12.2. The average Bonchev–Trinajstić information content (AvgIpc) is 3.00. The van der Waals surface area contributed by atoms with Gasteiger partial charge in [0.25, 0.3) is 0 Å². The van der Waals surface area contributed by atoms with Gasteiger partial charge in [0.2, 0.25) is 11.0 Å². The fourth-order valence-electron chi connectivity index (χ4n) is 1.63. The molecule has 1 aromatic heterocycles. The average molecular weight is 387 g/mol. The third kappa shape index (κ3) is 5.91. The molecule has 1 aromatic carbocycles. The lowest BCUT2D eigenvalue weighted by molar-refractivity contribution is -0.116. The van der Waals surface area contributed by atoms with E-state index in [0.717, 1.165) is 23.1 Å². The van der Waals surface area contributed by atoms with Gasteiger partial charge in [-0.15, -0.1) is 10.2 Å². The number of carbonyl (C=O) groups excluding carboxylic acids is 1. The van der Waals surface area contributed by atoms with E-state index in [0.29, 0.717) is 15.6 Å². The van der Waals surface area contributed by atoms with Crippen molar-refractivity contribution in [2.24, 2.45) is 0 Å². The molecule has 0 saturated heterocycles. The third-order valence-electron chi connectivity index (χ3n) is 2.80. The highest BCUT2D eigenvalue weighted by molar-refractivity contribution is 8.02. The summed E-state index contributed by atoms with van der Waals surface area (Å²) in [6.07, 6.45) is -4.35. The number of aromatic nitrogens is 2. The summed E-state index contributed by atoms with van der Waals surface area (Å²) in [6.45, 7) is 0.423. The number of carbonyl (C=O) groups is 1. The molecule has 0 spiro atoms. The summed E-state index contributed by atoms with van der Waals surface area (Å²) in [5.41, 5.74) is 0.731. The van der Waals surface area contributed by atoms with E-state index >= 15 is 0 Å². The van der Waals surface area contributed by atoms with Crippen LogP contribution in [-0.2, 0) is 4.79 Å². The second-order valence-electron chi connectivity index (χ2n) is 4.75. The van der Waals surface area contributed by atoms with E-state index in [1.54, 1.807) is 31.2 Å².